The van der Waals surface area contributed by atoms with E-state index >= 15 is 0 Å². The number of hydrogen-bond donors (Lipinski definition) is 3. The lowest BCUT2D eigenvalue weighted by molar-refractivity contribution is -0.0793. The average Bonchev–Trinajstić information content (AvgIpc) is 2.89. The minimum absolute atomic E-state index is 0.265. The van der Waals surface area contributed by atoms with Crippen LogP contribution in [0.25, 0.3) is 0 Å². The Labute approximate surface area is 109 Å². The molecule has 3 N–H and O–H groups in total. The fraction of sp³-hybridized carbons (Fsp3) is 0.250. The van der Waals surface area contributed by atoms with Gasteiger partial charge >= 0.3 is 6.03 Å². The second kappa shape index (κ2) is 4.36. The van der Waals surface area contributed by atoms with Crippen LogP contribution in [-0.4, -0.2) is 44.5 Å². The van der Waals surface area contributed by atoms with Gasteiger partial charge in [-0.05, 0) is 5.56 Å². The SMILES string of the molecule is O=C(Nc1cn[nH]n1)N1CC(O)(c2ccccc2)C1. The Bertz CT molecular complexity index is 563. The molecule has 1 fully saturated rings. The van der Waals surface area contributed by atoms with Gasteiger partial charge in [0.05, 0.1) is 19.3 Å². The Morgan fingerprint density at radius 2 is 2.11 bits per heavy atom. The van der Waals surface area contributed by atoms with Crippen LogP contribution >= 0.6 is 0 Å². The van der Waals surface area contributed by atoms with Gasteiger partial charge in [-0.2, -0.15) is 10.3 Å². The first-order valence-electron chi connectivity index (χ1n) is 5.87. The summed E-state index contributed by atoms with van der Waals surface area (Å²) >= 11 is 0. The zero-order chi connectivity index (χ0) is 13.3. The molecule has 1 saturated heterocycles. The number of urea groups is 1. The lowest BCUT2D eigenvalue weighted by Crippen LogP contribution is -2.62. The third-order valence-electron chi connectivity index (χ3n) is 3.15. The third-order valence-corrected chi connectivity index (χ3v) is 3.15. The van der Waals surface area contributed by atoms with Crippen molar-refractivity contribution in [3.8, 4) is 0 Å². The summed E-state index contributed by atoms with van der Waals surface area (Å²) in [5.74, 6) is 0.361. The maximum atomic E-state index is 11.8. The number of amides is 2. The van der Waals surface area contributed by atoms with Crippen LogP contribution in [0.1, 0.15) is 5.56 Å². The van der Waals surface area contributed by atoms with Crippen LogP contribution in [0.4, 0.5) is 10.6 Å². The van der Waals surface area contributed by atoms with Crippen LogP contribution < -0.4 is 5.32 Å². The molecule has 2 aromatic rings. The van der Waals surface area contributed by atoms with Crippen molar-refractivity contribution in [3.63, 3.8) is 0 Å². The van der Waals surface area contributed by atoms with Gasteiger partial charge in [-0.15, -0.1) is 5.10 Å². The Kier molecular flexibility index (Phi) is 2.68. The number of aromatic amines is 1. The van der Waals surface area contributed by atoms with Gasteiger partial charge in [0.15, 0.2) is 5.82 Å². The summed E-state index contributed by atoms with van der Waals surface area (Å²) in [6.45, 7) is 0.529. The quantitative estimate of drug-likeness (QED) is 0.733. The number of aromatic nitrogens is 3. The van der Waals surface area contributed by atoms with Crippen molar-refractivity contribution in [1.82, 2.24) is 20.3 Å². The molecule has 19 heavy (non-hydrogen) atoms. The van der Waals surface area contributed by atoms with Gasteiger partial charge in [0.25, 0.3) is 0 Å². The Balaban J connectivity index is 1.62. The van der Waals surface area contributed by atoms with Gasteiger partial charge in [0, 0.05) is 0 Å². The number of likely N-dealkylation sites (tertiary alicyclic amines) is 1. The minimum atomic E-state index is -0.956. The predicted octanol–water partition coefficient (Wildman–Crippen LogP) is 0.540. The average molecular weight is 259 g/mol. The smallest absolute Gasteiger partial charge is 0.323 e. The number of carbonyl (C=O) groups excluding carboxylic acids is 1. The third kappa shape index (κ3) is 2.15. The van der Waals surface area contributed by atoms with Gasteiger partial charge in [0.1, 0.15) is 5.60 Å². The summed E-state index contributed by atoms with van der Waals surface area (Å²) in [5.41, 5.74) is -0.136. The highest BCUT2D eigenvalue weighted by Crippen LogP contribution is 2.31. The summed E-state index contributed by atoms with van der Waals surface area (Å²) in [5, 5.41) is 22.7. The second-order valence-corrected chi connectivity index (χ2v) is 4.54. The molecule has 1 aromatic carbocycles. The van der Waals surface area contributed by atoms with E-state index in [1.165, 1.54) is 11.1 Å². The maximum Gasteiger partial charge on any atom is 0.323 e. The number of β-amino-alcohol motifs (C(OH)–C–C–N with tert-alkyl or cyclic N) is 1. The maximum absolute atomic E-state index is 11.8. The van der Waals surface area contributed by atoms with E-state index in [-0.39, 0.29) is 19.1 Å². The zero-order valence-electron chi connectivity index (χ0n) is 10.1. The fourth-order valence-electron chi connectivity index (χ4n) is 2.11. The molecule has 0 saturated carbocycles. The number of rotatable bonds is 2. The summed E-state index contributed by atoms with van der Waals surface area (Å²) < 4.78 is 0. The highest BCUT2D eigenvalue weighted by molar-refractivity contribution is 5.88. The first kappa shape index (κ1) is 11.7. The number of carbonyl (C=O) groups is 1. The lowest BCUT2D eigenvalue weighted by atomic mass is 9.86. The van der Waals surface area contributed by atoms with Crippen molar-refractivity contribution < 1.29 is 9.90 Å². The highest BCUT2D eigenvalue weighted by atomic mass is 16.3. The molecule has 0 spiro atoms. The van der Waals surface area contributed by atoms with Crippen molar-refractivity contribution in [2.24, 2.45) is 0 Å². The molecule has 1 aliphatic rings. The summed E-state index contributed by atoms with van der Waals surface area (Å²) in [6.07, 6.45) is 1.42. The molecule has 0 atom stereocenters. The van der Waals surface area contributed by atoms with Crippen LogP contribution in [0.15, 0.2) is 36.5 Å². The number of H-pyrrole nitrogens is 1. The molecule has 0 radical (unpaired) electrons. The van der Waals surface area contributed by atoms with E-state index < -0.39 is 5.60 Å². The van der Waals surface area contributed by atoms with Crippen molar-refractivity contribution >= 4 is 11.8 Å². The van der Waals surface area contributed by atoms with Gasteiger partial charge in [0.2, 0.25) is 0 Å². The van der Waals surface area contributed by atoms with E-state index in [0.717, 1.165) is 5.56 Å². The Hall–Kier alpha value is -2.41. The molecule has 0 unspecified atom stereocenters. The molecular formula is C12H13N5O2. The van der Waals surface area contributed by atoms with Crippen molar-refractivity contribution in [2.45, 2.75) is 5.60 Å². The molecule has 0 bridgehead atoms. The van der Waals surface area contributed by atoms with E-state index in [2.05, 4.69) is 20.7 Å². The molecule has 7 heteroatoms. The van der Waals surface area contributed by atoms with Crippen LogP contribution in [-0.2, 0) is 5.60 Å². The number of benzene rings is 1. The molecule has 3 rings (SSSR count). The number of anilines is 1. The monoisotopic (exact) mass is 259 g/mol. The summed E-state index contributed by atoms with van der Waals surface area (Å²) in [4.78, 5) is 13.3. The van der Waals surface area contributed by atoms with Gasteiger partial charge in [-0.1, -0.05) is 30.3 Å². The van der Waals surface area contributed by atoms with Gasteiger partial charge in [-0.3, -0.25) is 5.32 Å². The first-order chi connectivity index (χ1) is 9.17. The number of hydrogen-bond acceptors (Lipinski definition) is 4. The normalized spacial score (nSPS) is 16.8. The highest BCUT2D eigenvalue weighted by Gasteiger charge is 2.45. The van der Waals surface area contributed by atoms with E-state index in [1.54, 1.807) is 0 Å². The van der Waals surface area contributed by atoms with Gasteiger partial charge in [-0.25, -0.2) is 4.79 Å². The fourth-order valence-corrected chi connectivity index (χ4v) is 2.11. The molecule has 7 nitrogen and oxygen atoms in total. The summed E-state index contributed by atoms with van der Waals surface area (Å²) in [7, 11) is 0. The largest absolute Gasteiger partial charge is 0.381 e. The van der Waals surface area contributed by atoms with E-state index in [9.17, 15) is 9.90 Å². The number of aliphatic hydroxyl groups is 1. The molecule has 98 valence electrons. The van der Waals surface area contributed by atoms with Crippen molar-refractivity contribution in [1.29, 1.82) is 0 Å². The van der Waals surface area contributed by atoms with Crippen molar-refractivity contribution in [3.05, 3.63) is 42.1 Å². The number of nitrogens with one attached hydrogen (secondary N) is 2. The van der Waals surface area contributed by atoms with Gasteiger partial charge < -0.3 is 10.0 Å². The first-order valence-corrected chi connectivity index (χ1v) is 5.87. The number of nitrogens with zero attached hydrogens (tertiary/aromatic N) is 3. The topological polar surface area (TPSA) is 94.1 Å². The zero-order valence-corrected chi connectivity index (χ0v) is 10.1. The molecule has 2 amide bonds. The molecule has 1 aliphatic heterocycles. The standard InChI is InChI=1S/C12H13N5O2/c18-11(14-10-6-13-16-15-10)17-7-12(19,8-17)9-4-2-1-3-5-9/h1-6,19H,7-8H2,(H2,13,14,15,16,18). The van der Waals surface area contributed by atoms with Crippen LogP contribution in [0.2, 0.25) is 0 Å². The summed E-state index contributed by atoms with van der Waals surface area (Å²) in [6, 6.07) is 9.03. The van der Waals surface area contributed by atoms with E-state index in [4.69, 9.17) is 0 Å². The minimum Gasteiger partial charge on any atom is -0.381 e. The van der Waals surface area contributed by atoms with Crippen molar-refractivity contribution in [2.75, 3.05) is 18.4 Å². The van der Waals surface area contributed by atoms with Crippen LogP contribution in [0.3, 0.4) is 0 Å². The van der Waals surface area contributed by atoms with E-state index in [0.29, 0.717) is 5.82 Å². The van der Waals surface area contributed by atoms with Crippen LogP contribution in [0, 0.1) is 0 Å². The Morgan fingerprint density at radius 1 is 1.37 bits per heavy atom. The molecule has 2 heterocycles. The molecule has 0 aliphatic carbocycles. The predicted molar refractivity (Wildman–Crippen MR) is 67.3 cm³/mol. The van der Waals surface area contributed by atoms with E-state index in [1.807, 2.05) is 30.3 Å². The molecular weight excluding hydrogens is 246 g/mol. The van der Waals surface area contributed by atoms with Crippen LogP contribution in [0.5, 0.6) is 0 Å². The molecule has 1 aromatic heterocycles. The lowest BCUT2D eigenvalue weighted by Gasteiger charge is -2.46. The Morgan fingerprint density at radius 3 is 2.74 bits per heavy atom. The second-order valence-electron chi connectivity index (χ2n) is 4.54.